The number of aliphatic imine (C=N–C) groups is 1. The van der Waals surface area contributed by atoms with Gasteiger partial charge in [-0.2, -0.15) is 0 Å². The van der Waals surface area contributed by atoms with Crippen molar-refractivity contribution >= 4 is 12.2 Å². The number of hydrogen-bond donors (Lipinski definition) is 0. The van der Waals surface area contributed by atoms with Gasteiger partial charge in [0.1, 0.15) is 5.75 Å². The third kappa shape index (κ3) is 3.82. The summed E-state index contributed by atoms with van der Waals surface area (Å²) in [5.41, 5.74) is 3.88. The topological polar surface area (TPSA) is 38.7 Å². The lowest BCUT2D eigenvalue weighted by molar-refractivity contribution is -0.131. The second kappa shape index (κ2) is 7.68. The first-order valence-corrected chi connectivity index (χ1v) is 11.4. The summed E-state index contributed by atoms with van der Waals surface area (Å²) in [6, 6.07) is 16.6. The minimum absolute atomic E-state index is 0.297. The maximum Gasteiger partial charge on any atom is 0.308 e. The van der Waals surface area contributed by atoms with Gasteiger partial charge in [0.05, 0.1) is 6.04 Å². The number of hydrogen-bond acceptors (Lipinski definition) is 3. The van der Waals surface area contributed by atoms with E-state index >= 15 is 0 Å². The zero-order valence-electron chi connectivity index (χ0n) is 18.0. The molecule has 3 heteroatoms. The summed E-state index contributed by atoms with van der Waals surface area (Å²) >= 11 is 0. The molecule has 3 nitrogen and oxygen atoms in total. The van der Waals surface area contributed by atoms with Gasteiger partial charge in [0.2, 0.25) is 0 Å². The van der Waals surface area contributed by atoms with Crippen molar-refractivity contribution in [2.24, 2.45) is 28.2 Å². The lowest BCUT2D eigenvalue weighted by atomic mass is 9.48. The summed E-state index contributed by atoms with van der Waals surface area (Å²) in [5, 5.41) is 0. The summed E-state index contributed by atoms with van der Waals surface area (Å²) in [6.07, 6.45) is 10.7. The molecule has 0 saturated heterocycles. The molecule has 0 aromatic heterocycles. The van der Waals surface area contributed by atoms with Gasteiger partial charge >= 0.3 is 5.97 Å². The van der Waals surface area contributed by atoms with Crippen molar-refractivity contribution in [1.82, 2.24) is 0 Å². The van der Waals surface area contributed by atoms with Crippen LogP contribution in [-0.2, 0) is 4.79 Å². The van der Waals surface area contributed by atoms with E-state index in [1.807, 2.05) is 24.3 Å². The van der Waals surface area contributed by atoms with E-state index in [2.05, 4.69) is 37.4 Å². The molecule has 0 amide bonds. The molecule has 4 bridgehead atoms. The van der Waals surface area contributed by atoms with Crippen LogP contribution in [0.4, 0.5) is 0 Å². The molecule has 0 radical (unpaired) electrons. The third-order valence-electron chi connectivity index (χ3n) is 7.78. The fourth-order valence-electron chi connectivity index (χ4n) is 6.69. The quantitative estimate of drug-likeness (QED) is 0.335. The van der Waals surface area contributed by atoms with Crippen LogP contribution < -0.4 is 4.74 Å². The summed E-state index contributed by atoms with van der Waals surface area (Å²) < 4.78 is 5.11. The predicted octanol–water partition coefficient (Wildman–Crippen LogP) is 6.30. The fourth-order valence-corrected chi connectivity index (χ4v) is 6.69. The van der Waals surface area contributed by atoms with E-state index in [1.54, 1.807) is 0 Å². The molecule has 4 saturated carbocycles. The predicted molar refractivity (Wildman–Crippen MR) is 121 cm³/mol. The fraction of sp³-hybridized carbons (Fsp3) is 0.481. The number of carbonyl (C=O) groups is 1. The maximum absolute atomic E-state index is 11.1. The number of carbonyl (C=O) groups excluding carboxylic acids is 1. The molecule has 0 spiro atoms. The average Bonchev–Trinajstić information content (AvgIpc) is 2.71. The lowest BCUT2D eigenvalue weighted by Gasteiger charge is -2.58. The van der Waals surface area contributed by atoms with Gasteiger partial charge in [-0.3, -0.25) is 9.79 Å². The monoisotopic (exact) mass is 401 g/mol. The summed E-state index contributed by atoms with van der Waals surface area (Å²) in [6.45, 7) is 3.76. The van der Waals surface area contributed by atoms with Crippen molar-refractivity contribution in [1.29, 1.82) is 0 Å². The van der Waals surface area contributed by atoms with Crippen LogP contribution in [0.15, 0.2) is 53.5 Å². The van der Waals surface area contributed by atoms with Gasteiger partial charge in [-0.1, -0.05) is 36.4 Å². The molecule has 2 aromatic rings. The molecule has 0 heterocycles. The van der Waals surface area contributed by atoms with Gasteiger partial charge < -0.3 is 4.74 Å². The zero-order chi connectivity index (χ0) is 20.7. The van der Waals surface area contributed by atoms with Crippen LogP contribution >= 0.6 is 0 Å². The van der Waals surface area contributed by atoms with E-state index in [1.165, 1.54) is 45.4 Å². The van der Waals surface area contributed by atoms with Crippen LogP contribution in [0.2, 0.25) is 0 Å². The third-order valence-corrected chi connectivity index (χ3v) is 7.78. The van der Waals surface area contributed by atoms with Crippen LogP contribution in [-0.4, -0.2) is 18.2 Å². The zero-order valence-corrected chi connectivity index (χ0v) is 18.0. The minimum Gasteiger partial charge on any atom is -0.427 e. The van der Waals surface area contributed by atoms with Crippen molar-refractivity contribution in [3.63, 3.8) is 0 Å². The van der Waals surface area contributed by atoms with Crippen molar-refractivity contribution < 1.29 is 9.53 Å². The van der Waals surface area contributed by atoms with E-state index in [9.17, 15) is 4.79 Å². The molecular formula is C27H31NO2. The molecular weight excluding hydrogens is 370 g/mol. The maximum atomic E-state index is 11.1. The highest BCUT2D eigenvalue weighted by Gasteiger charge is 2.53. The Bertz CT molecular complexity index is 907. The molecule has 4 fully saturated rings. The van der Waals surface area contributed by atoms with Gasteiger partial charge in [-0.05, 0) is 97.4 Å². The second-order valence-corrected chi connectivity index (χ2v) is 9.97. The molecule has 0 N–H and O–H groups in total. The van der Waals surface area contributed by atoms with Crippen molar-refractivity contribution in [3.05, 3.63) is 54.1 Å². The molecule has 156 valence electrons. The summed E-state index contributed by atoms with van der Waals surface area (Å²) in [7, 11) is 0. The SMILES string of the molecule is CC(=O)Oc1ccc(-c2ccc(C=N[C@H](C)C34CC5CC(CC(C5)C3)C4)cc2)cc1. The van der Waals surface area contributed by atoms with Gasteiger partial charge in [-0.15, -0.1) is 0 Å². The molecule has 4 aliphatic rings. The van der Waals surface area contributed by atoms with Crippen LogP contribution in [0.1, 0.15) is 57.9 Å². The molecule has 30 heavy (non-hydrogen) atoms. The van der Waals surface area contributed by atoms with E-state index in [-0.39, 0.29) is 5.97 Å². The molecule has 1 atom stereocenters. The molecule has 6 rings (SSSR count). The number of esters is 1. The highest BCUT2D eigenvalue weighted by Crippen LogP contribution is 2.61. The Morgan fingerprint density at radius 1 is 0.933 bits per heavy atom. The van der Waals surface area contributed by atoms with Crippen molar-refractivity contribution in [3.8, 4) is 16.9 Å². The first-order chi connectivity index (χ1) is 14.5. The number of benzene rings is 2. The molecule has 2 aromatic carbocycles. The Morgan fingerprint density at radius 2 is 1.43 bits per heavy atom. The molecule has 0 unspecified atom stereocenters. The van der Waals surface area contributed by atoms with Crippen LogP contribution in [0.5, 0.6) is 5.75 Å². The molecule has 0 aliphatic heterocycles. The standard InChI is InChI=1S/C27H31NO2/c1-18(27-14-21-11-22(15-27)13-23(12-21)16-27)28-17-20-3-5-24(6-4-20)25-7-9-26(10-8-25)30-19(2)29/h3-10,17-18,21-23H,11-16H2,1-2H3/t18-,21?,22?,23?,27?/m1/s1. The Kier molecular flexibility index (Phi) is 5.00. The van der Waals surface area contributed by atoms with E-state index in [4.69, 9.17) is 9.73 Å². The van der Waals surface area contributed by atoms with E-state index in [0.717, 1.165) is 34.4 Å². The highest BCUT2D eigenvalue weighted by atomic mass is 16.5. The number of ether oxygens (including phenoxy) is 1. The number of nitrogens with zero attached hydrogens (tertiary/aromatic N) is 1. The first kappa shape index (κ1) is 19.5. The average molecular weight is 402 g/mol. The Morgan fingerprint density at radius 3 is 1.93 bits per heavy atom. The Balaban J connectivity index is 1.26. The van der Waals surface area contributed by atoms with E-state index < -0.39 is 0 Å². The van der Waals surface area contributed by atoms with Crippen molar-refractivity contribution in [2.45, 2.75) is 58.4 Å². The second-order valence-electron chi connectivity index (χ2n) is 9.97. The Labute approximate surface area is 179 Å². The minimum atomic E-state index is -0.297. The number of rotatable bonds is 5. The largest absolute Gasteiger partial charge is 0.427 e. The van der Waals surface area contributed by atoms with Gasteiger partial charge in [0.15, 0.2) is 0 Å². The van der Waals surface area contributed by atoms with Crippen molar-refractivity contribution in [2.75, 3.05) is 0 Å². The van der Waals surface area contributed by atoms with Gasteiger partial charge in [-0.25, -0.2) is 0 Å². The van der Waals surface area contributed by atoms with Crippen LogP contribution in [0.25, 0.3) is 11.1 Å². The van der Waals surface area contributed by atoms with Gasteiger partial charge in [0.25, 0.3) is 0 Å². The van der Waals surface area contributed by atoms with Crippen LogP contribution in [0, 0.1) is 23.2 Å². The van der Waals surface area contributed by atoms with Gasteiger partial charge in [0, 0.05) is 13.1 Å². The Hall–Kier alpha value is -2.42. The summed E-state index contributed by atoms with van der Waals surface area (Å²) in [4.78, 5) is 16.1. The highest BCUT2D eigenvalue weighted by molar-refractivity contribution is 5.81. The first-order valence-electron chi connectivity index (χ1n) is 11.4. The summed E-state index contributed by atoms with van der Waals surface area (Å²) in [5.74, 6) is 3.20. The van der Waals surface area contributed by atoms with Crippen LogP contribution in [0.3, 0.4) is 0 Å². The van der Waals surface area contributed by atoms with E-state index in [0.29, 0.717) is 17.2 Å². The smallest absolute Gasteiger partial charge is 0.308 e. The lowest BCUT2D eigenvalue weighted by Crippen LogP contribution is -2.50. The molecule has 4 aliphatic carbocycles. The normalized spacial score (nSPS) is 30.5.